The molecule has 1 aliphatic rings. The molecule has 0 saturated heterocycles. The Labute approximate surface area is 177 Å². The molecule has 4 rings (SSSR count). The van der Waals surface area contributed by atoms with Gasteiger partial charge < -0.3 is 10.4 Å². The number of nitriles is 1. The predicted octanol–water partition coefficient (Wildman–Crippen LogP) is 4.22. The van der Waals surface area contributed by atoms with Gasteiger partial charge in [-0.25, -0.2) is 0 Å². The first-order chi connectivity index (χ1) is 14.8. The minimum atomic E-state index is 0.121. The minimum absolute atomic E-state index is 0.121. The van der Waals surface area contributed by atoms with Crippen LogP contribution in [0.15, 0.2) is 42.7 Å². The van der Waals surface area contributed by atoms with Crippen LogP contribution >= 0.6 is 0 Å². The Kier molecular flexibility index (Phi) is 6.68. The molecule has 3 aromatic rings. The average molecular weight is 401 g/mol. The normalized spacial score (nSPS) is 14.7. The second kappa shape index (κ2) is 9.80. The fourth-order valence-corrected chi connectivity index (χ4v) is 4.54. The Morgan fingerprint density at radius 2 is 2.00 bits per heavy atom. The van der Waals surface area contributed by atoms with Gasteiger partial charge in [-0.15, -0.1) is 0 Å². The van der Waals surface area contributed by atoms with E-state index in [4.69, 9.17) is 5.11 Å². The fourth-order valence-electron chi connectivity index (χ4n) is 4.54. The maximum absolute atomic E-state index is 9.95. The van der Waals surface area contributed by atoms with Crippen molar-refractivity contribution in [1.29, 1.82) is 5.26 Å². The maximum Gasteiger partial charge on any atom is 0.0997 e. The molecule has 0 bridgehead atoms. The molecule has 1 saturated carbocycles. The summed E-state index contributed by atoms with van der Waals surface area (Å²) in [6, 6.07) is 12.9. The molecule has 0 atom stereocenters. The zero-order valence-electron chi connectivity index (χ0n) is 17.3. The number of nitrogens with one attached hydrogen (secondary N) is 1. The summed E-state index contributed by atoms with van der Waals surface area (Å²) in [5.41, 5.74) is 5.93. The van der Waals surface area contributed by atoms with Crippen LogP contribution in [0, 0.1) is 11.3 Å². The zero-order chi connectivity index (χ0) is 20.8. The molecule has 0 amide bonds. The lowest BCUT2D eigenvalue weighted by molar-refractivity contribution is 0.292. The van der Waals surface area contributed by atoms with Gasteiger partial charge in [0.05, 0.1) is 29.5 Å². The highest BCUT2D eigenvalue weighted by Gasteiger charge is 2.20. The van der Waals surface area contributed by atoms with Gasteiger partial charge in [-0.3, -0.25) is 9.97 Å². The Bertz CT molecular complexity index is 1050. The van der Waals surface area contributed by atoms with Crippen LogP contribution in [0.4, 0.5) is 0 Å². The highest BCUT2D eigenvalue weighted by Crippen LogP contribution is 2.35. The highest BCUT2D eigenvalue weighted by molar-refractivity contribution is 5.81. The summed E-state index contributed by atoms with van der Waals surface area (Å²) in [6.45, 7) is 1.35. The lowest BCUT2D eigenvalue weighted by Crippen LogP contribution is -2.17. The van der Waals surface area contributed by atoms with Gasteiger partial charge in [0, 0.05) is 37.3 Å². The molecule has 1 aliphatic carbocycles. The molecule has 5 nitrogen and oxygen atoms in total. The van der Waals surface area contributed by atoms with Crippen LogP contribution in [0.5, 0.6) is 0 Å². The lowest BCUT2D eigenvalue weighted by atomic mass is 9.81. The third-order valence-electron chi connectivity index (χ3n) is 6.05. The predicted molar refractivity (Wildman–Crippen MR) is 118 cm³/mol. The second-order valence-corrected chi connectivity index (χ2v) is 8.08. The average Bonchev–Trinajstić information content (AvgIpc) is 2.80. The monoisotopic (exact) mass is 400 g/mol. The van der Waals surface area contributed by atoms with Gasteiger partial charge >= 0.3 is 0 Å². The number of benzene rings is 1. The van der Waals surface area contributed by atoms with E-state index in [0.717, 1.165) is 33.3 Å². The highest BCUT2D eigenvalue weighted by atomic mass is 16.3. The first-order valence-electron chi connectivity index (χ1n) is 10.9. The summed E-state index contributed by atoms with van der Waals surface area (Å²) in [4.78, 5) is 9.28. The SMILES string of the molecule is N#Cc1c(Cc2nccc3cc(CNCCO)cnc23)cccc1C1CCCCC1. The molecular formula is C25H28N4O. The topological polar surface area (TPSA) is 81.8 Å². The standard InChI is InChI=1S/C25H28N4O/c26-15-23-20(7-4-8-22(23)19-5-2-1-3-6-19)14-24-25-21(9-10-28-24)13-18(17-29-25)16-27-11-12-30/h4,7-10,13,17,19,27,30H,1-3,5-6,11-12,14,16H2. The summed E-state index contributed by atoms with van der Waals surface area (Å²) < 4.78 is 0. The van der Waals surface area contributed by atoms with Crippen LogP contribution in [0.1, 0.15) is 66.0 Å². The third kappa shape index (κ3) is 4.51. The molecule has 0 aliphatic heterocycles. The molecule has 0 spiro atoms. The van der Waals surface area contributed by atoms with E-state index in [9.17, 15) is 5.26 Å². The molecule has 0 unspecified atom stereocenters. The van der Waals surface area contributed by atoms with Crippen molar-refractivity contribution in [3.63, 3.8) is 0 Å². The van der Waals surface area contributed by atoms with Gasteiger partial charge in [-0.05, 0) is 47.6 Å². The van der Waals surface area contributed by atoms with Gasteiger partial charge in [-0.2, -0.15) is 5.26 Å². The van der Waals surface area contributed by atoms with Gasteiger partial charge in [0.25, 0.3) is 0 Å². The summed E-state index contributed by atoms with van der Waals surface area (Å²) >= 11 is 0. The smallest absolute Gasteiger partial charge is 0.0997 e. The van der Waals surface area contributed by atoms with E-state index < -0.39 is 0 Å². The number of aliphatic hydroxyl groups is 1. The van der Waals surface area contributed by atoms with Crippen molar-refractivity contribution in [3.05, 3.63) is 70.7 Å². The van der Waals surface area contributed by atoms with E-state index in [2.05, 4.69) is 45.6 Å². The number of fused-ring (bicyclic) bond motifs is 1. The third-order valence-corrected chi connectivity index (χ3v) is 6.05. The summed E-state index contributed by atoms with van der Waals surface area (Å²) in [5.74, 6) is 0.501. The Morgan fingerprint density at radius 3 is 2.80 bits per heavy atom. The molecule has 154 valence electrons. The van der Waals surface area contributed by atoms with E-state index in [1.54, 1.807) is 0 Å². The van der Waals surface area contributed by atoms with Gasteiger partial charge in [-0.1, -0.05) is 37.5 Å². The van der Waals surface area contributed by atoms with Crippen LogP contribution in [-0.2, 0) is 13.0 Å². The molecule has 1 fully saturated rings. The number of hydrogen-bond donors (Lipinski definition) is 2. The van der Waals surface area contributed by atoms with Crippen molar-refractivity contribution in [1.82, 2.24) is 15.3 Å². The number of nitrogens with zero attached hydrogens (tertiary/aromatic N) is 3. The molecular weight excluding hydrogens is 372 g/mol. The summed E-state index contributed by atoms with van der Waals surface area (Å²) in [5, 5.41) is 23.1. The van der Waals surface area contributed by atoms with Crippen LogP contribution < -0.4 is 5.32 Å². The molecule has 2 heterocycles. The molecule has 5 heteroatoms. The van der Waals surface area contributed by atoms with Crippen molar-refractivity contribution in [2.45, 2.75) is 51.0 Å². The quantitative estimate of drug-likeness (QED) is 0.580. The Balaban J connectivity index is 1.63. The number of hydrogen-bond acceptors (Lipinski definition) is 5. The van der Waals surface area contributed by atoms with Gasteiger partial charge in [0.2, 0.25) is 0 Å². The van der Waals surface area contributed by atoms with Crippen LogP contribution in [0.2, 0.25) is 0 Å². The second-order valence-electron chi connectivity index (χ2n) is 8.08. The van der Waals surface area contributed by atoms with Crippen LogP contribution in [0.25, 0.3) is 10.9 Å². The van der Waals surface area contributed by atoms with Crippen molar-refractivity contribution in [2.24, 2.45) is 0 Å². The Hall–Kier alpha value is -2.81. The van der Waals surface area contributed by atoms with Crippen molar-refractivity contribution in [2.75, 3.05) is 13.2 Å². The van der Waals surface area contributed by atoms with Crippen molar-refractivity contribution >= 4 is 10.9 Å². The van der Waals surface area contributed by atoms with Gasteiger partial charge in [0.15, 0.2) is 0 Å². The molecule has 2 aromatic heterocycles. The molecule has 1 aromatic carbocycles. The van der Waals surface area contributed by atoms with E-state index in [-0.39, 0.29) is 6.61 Å². The first kappa shape index (κ1) is 20.5. The van der Waals surface area contributed by atoms with Gasteiger partial charge in [0.1, 0.15) is 0 Å². The van der Waals surface area contributed by atoms with Crippen molar-refractivity contribution in [3.8, 4) is 6.07 Å². The van der Waals surface area contributed by atoms with Crippen LogP contribution in [-0.4, -0.2) is 28.2 Å². The maximum atomic E-state index is 9.95. The van der Waals surface area contributed by atoms with Crippen molar-refractivity contribution < 1.29 is 5.11 Å². The molecule has 0 radical (unpaired) electrons. The molecule has 30 heavy (non-hydrogen) atoms. The minimum Gasteiger partial charge on any atom is -0.395 e. The first-order valence-corrected chi connectivity index (χ1v) is 10.9. The number of aromatic nitrogens is 2. The van der Waals surface area contributed by atoms with Crippen LogP contribution in [0.3, 0.4) is 0 Å². The number of aliphatic hydroxyl groups excluding tert-OH is 1. The zero-order valence-corrected chi connectivity index (χ0v) is 17.3. The van der Waals surface area contributed by atoms with E-state index in [1.165, 1.54) is 37.7 Å². The number of pyridine rings is 2. The van der Waals surface area contributed by atoms with E-state index in [1.807, 2.05) is 18.5 Å². The van der Waals surface area contributed by atoms with E-state index in [0.29, 0.717) is 25.4 Å². The summed E-state index contributed by atoms with van der Waals surface area (Å²) in [7, 11) is 0. The molecule has 2 N–H and O–H groups in total. The van der Waals surface area contributed by atoms with E-state index >= 15 is 0 Å². The lowest BCUT2D eigenvalue weighted by Gasteiger charge is -2.23. The Morgan fingerprint density at radius 1 is 1.13 bits per heavy atom. The fraction of sp³-hybridized carbons (Fsp3) is 0.400. The largest absolute Gasteiger partial charge is 0.395 e. The summed E-state index contributed by atoms with van der Waals surface area (Å²) in [6.07, 6.45) is 10.5. The number of rotatable bonds is 7.